The number of aryl methyl sites for hydroxylation is 2. The van der Waals surface area contributed by atoms with Crippen LogP contribution in [0.3, 0.4) is 0 Å². The number of halogens is 1. The number of hydrogen-bond acceptors (Lipinski definition) is 0. The van der Waals surface area contributed by atoms with Gasteiger partial charge in [-0.15, -0.1) is 11.6 Å². The molecule has 0 aliphatic carbocycles. The molecular formula is C18H21Cl. The minimum Gasteiger partial charge on any atom is -0.117 e. The van der Waals surface area contributed by atoms with Crippen molar-refractivity contribution in [3.63, 3.8) is 0 Å². The first-order valence-electron chi connectivity index (χ1n) is 6.89. The standard InChI is InChI=1S/C18H21Cl/c1-4-17(15-8-6-5-7-9-15)18(19)16-11-10-13(2)14(3)12-16/h5-12,17-18H,4H2,1-3H3. The SMILES string of the molecule is CCC(c1ccccc1)C(Cl)c1ccc(C)c(C)c1. The molecule has 0 aliphatic heterocycles. The van der Waals surface area contributed by atoms with Gasteiger partial charge in [0.2, 0.25) is 0 Å². The fourth-order valence-electron chi connectivity index (χ4n) is 2.48. The van der Waals surface area contributed by atoms with Gasteiger partial charge in [0.1, 0.15) is 0 Å². The normalized spacial score (nSPS) is 14.1. The monoisotopic (exact) mass is 272 g/mol. The molecule has 2 aromatic carbocycles. The molecule has 0 spiro atoms. The zero-order valence-electron chi connectivity index (χ0n) is 11.9. The Kier molecular flexibility index (Phi) is 4.66. The van der Waals surface area contributed by atoms with Crippen molar-refractivity contribution in [1.82, 2.24) is 0 Å². The van der Waals surface area contributed by atoms with E-state index in [0.717, 1.165) is 6.42 Å². The second-order valence-corrected chi connectivity index (χ2v) is 5.64. The lowest BCUT2D eigenvalue weighted by molar-refractivity contribution is 0.640. The maximum absolute atomic E-state index is 6.73. The molecule has 0 aromatic heterocycles. The van der Waals surface area contributed by atoms with Gasteiger partial charge in [-0.3, -0.25) is 0 Å². The predicted octanol–water partition coefficient (Wildman–Crippen LogP) is 5.78. The van der Waals surface area contributed by atoms with Crippen LogP contribution in [-0.4, -0.2) is 0 Å². The highest BCUT2D eigenvalue weighted by molar-refractivity contribution is 6.21. The highest BCUT2D eigenvalue weighted by atomic mass is 35.5. The Morgan fingerprint density at radius 1 is 0.895 bits per heavy atom. The lowest BCUT2D eigenvalue weighted by Crippen LogP contribution is -2.06. The molecule has 0 radical (unpaired) electrons. The molecule has 0 fully saturated rings. The van der Waals surface area contributed by atoms with Crippen LogP contribution in [0.5, 0.6) is 0 Å². The fourth-order valence-corrected chi connectivity index (χ4v) is 2.94. The maximum atomic E-state index is 6.73. The van der Waals surface area contributed by atoms with E-state index in [-0.39, 0.29) is 5.38 Å². The molecule has 2 atom stereocenters. The summed E-state index contributed by atoms with van der Waals surface area (Å²) in [5.74, 6) is 0.366. The topological polar surface area (TPSA) is 0 Å². The molecule has 1 heteroatoms. The Labute approximate surface area is 121 Å². The van der Waals surface area contributed by atoms with Gasteiger partial charge in [-0.1, -0.05) is 55.5 Å². The van der Waals surface area contributed by atoms with E-state index in [1.165, 1.54) is 22.3 Å². The van der Waals surface area contributed by atoms with E-state index in [4.69, 9.17) is 11.6 Å². The van der Waals surface area contributed by atoms with Gasteiger partial charge in [0.05, 0.1) is 5.38 Å². The average Bonchev–Trinajstić information content (AvgIpc) is 2.44. The Hall–Kier alpha value is -1.27. The number of alkyl halides is 1. The van der Waals surface area contributed by atoms with Crippen molar-refractivity contribution in [2.45, 2.75) is 38.5 Å². The fraction of sp³-hybridized carbons (Fsp3) is 0.333. The maximum Gasteiger partial charge on any atom is 0.0653 e. The first-order valence-corrected chi connectivity index (χ1v) is 7.33. The van der Waals surface area contributed by atoms with Crippen molar-refractivity contribution in [3.05, 3.63) is 70.8 Å². The van der Waals surface area contributed by atoms with Gasteiger partial charge in [-0.25, -0.2) is 0 Å². The molecule has 0 amide bonds. The van der Waals surface area contributed by atoms with E-state index in [0.29, 0.717) is 5.92 Å². The smallest absolute Gasteiger partial charge is 0.0653 e. The van der Waals surface area contributed by atoms with Crippen LogP contribution >= 0.6 is 11.6 Å². The molecule has 0 N–H and O–H groups in total. The molecule has 0 aliphatic rings. The van der Waals surface area contributed by atoms with Gasteiger partial charge >= 0.3 is 0 Å². The van der Waals surface area contributed by atoms with Crippen molar-refractivity contribution in [2.24, 2.45) is 0 Å². The molecule has 19 heavy (non-hydrogen) atoms. The van der Waals surface area contributed by atoms with E-state index in [2.05, 4.69) is 69.3 Å². The molecule has 2 aromatic rings. The molecule has 2 rings (SSSR count). The van der Waals surface area contributed by atoms with Crippen LogP contribution in [0.2, 0.25) is 0 Å². The minimum atomic E-state index is 0.0340. The van der Waals surface area contributed by atoms with Crippen LogP contribution in [0.15, 0.2) is 48.5 Å². The summed E-state index contributed by atoms with van der Waals surface area (Å²) in [5.41, 5.74) is 5.18. The third-order valence-corrected chi connectivity index (χ3v) is 4.43. The number of hydrogen-bond donors (Lipinski definition) is 0. The molecule has 0 saturated heterocycles. The molecule has 2 unspecified atom stereocenters. The van der Waals surface area contributed by atoms with Gasteiger partial charge in [0.25, 0.3) is 0 Å². The molecule has 0 bridgehead atoms. The highest BCUT2D eigenvalue weighted by Gasteiger charge is 2.21. The Morgan fingerprint density at radius 2 is 1.58 bits per heavy atom. The third-order valence-electron chi connectivity index (χ3n) is 3.87. The van der Waals surface area contributed by atoms with Gasteiger partial charge in [-0.05, 0) is 42.5 Å². The lowest BCUT2D eigenvalue weighted by atomic mass is 9.88. The predicted molar refractivity (Wildman–Crippen MR) is 84.0 cm³/mol. The summed E-state index contributed by atoms with van der Waals surface area (Å²) in [6.45, 7) is 6.48. The van der Waals surface area contributed by atoms with E-state index < -0.39 is 0 Å². The van der Waals surface area contributed by atoms with Gasteiger partial charge in [0.15, 0.2) is 0 Å². The van der Waals surface area contributed by atoms with Gasteiger partial charge < -0.3 is 0 Å². The van der Waals surface area contributed by atoms with Crippen LogP contribution in [0.4, 0.5) is 0 Å². The first kappa shape index (κ1) is 14.1. The zero-order valence-corrected chi connectivity index (χ0v) is 12.6. The molecule has 0 nitrogen and oxygen atoms in total. The van der Waals surface area contributed by atoms with Gasteiger partial charge in [-0.2, -0.15) is 0 Å². The lowest BCUT2D eigenvalue weighted by Gasteiger charge is -2.22. The number of benzene rings is 2. The minimum absolute atomic E-state index is 0.0340. The van der Waals surface area contributed by atoms with Crippen molar-refractivity contribution in [1.29, 1.82) is 0 Å². The summed E-state index contributed by atoms with van der Waals surface area (Å²) in [4.78, 5) is 0. The second kappa shape index (κ2) is 6.25. The Morgan fingerprint density at radius 3 is 2.16 bits per heavy atom. The van der Waals surface area contributed by atoms with Gasteiger partial charge in [0, 0.05) is 5.92 Å². The molecule has 0 heterocycles. The summed E-state index contributed by atoms with van der Waals surface area (Å²) in [6.07, 6.45) is 1.05. The second-order valence-electron chi connectivity index (χ2n) is 5.17. The summed E-state index contributed by atoms with van der Waals surface area (Å²) in [5, 5.41) is 0.0340. The molecule has 0 saturated carbocycles. The van der Waals surface area contributed by atoms with Crippen LogP contribution in [-0.2, 0) is 0 Å². The van der Waals surface area contributed by atoms with Crippen LogP contribution in [0, 0.1) is 13.8 Å². The van der Waals surface area contributed by atoms with E-state index in [1.807, 2.05) is 0 Å². The van der Waals surface area contributed by atoms with Crippen molar-refractivity contribution >= 4 is 11.6 Å². The van der Waals surface area contributed by atoms with E-state index in [1.54, 1.807) is 0 Å². The first-order chi connectivity index (χ1) is 9.13. The van der Waals surface area contributed by atoms with Crippen molar-refractivity contribution < 1.29 is 0 Å². The largest absolute Gasteiger partial charge is 0.117 e. The molecule has 100 valence electrons. The van der Waals surface area contributed by atoms with Crippen LogP contribution in [0.1, 0.15) is 46.9 Å². The Bertz CT molecular complexity index is 531. The number of rotatable bonds is 4. The summed E-state index contributed by atoms with van der Waals surface area (Å²) in [7, 11) is 0. The Balaban J connectivity index is 2.30. The summed E-state index contributed by atoms with van der Waals surface area (Å²) >= 11 is 6.73. The van der Waals surface area contributed by atoms with Crippen LogP contribution in [0.25, 0.3) is 0 Å². The van der Waals surface area contributed by atoms with E-state index in [9.17, 15) is 0 Å². The summed E-state index contributed by atoms with van der Waals surface area (Å²) < 4.78 is 0. The van der Waals surface area contributed by atoms with Crippen molar-refractivity contribution in [3.8, 4) is 0 Å². The highest BCUT2D eigenvalue weighted by Crippen LogP contribution is 2.38. The van der Waals surface area contributed by atoms with E-state index >= 15 is 0 Å². The van der Waals surface area contributed by atoms with Crippen LogP contribution < -0.4 is 0 Å². The quantitative estimate of drug-likeness (QED) is 0.619. The average molecular weight is 273 g/mol. The van der Waals surface area contributed by atoms with Crippen molar-refractivity contribution in [2.75, 3.05) is 0 Å². The third kappa shape index (κ3) is 3.19. The zero-order chi connectivity index (χ0) is 13.8. The molecular weight excluding hydrogens is 252 g/mol. The summed E-state index contributed by atoms with van der Waals surface area (Å²) in [6, 6.07) is 17.1.